The SMILES string of the molecule is c1c[nH]c(-c2cccnc2Oc2ncccc2-c2ccc[nH]2)c1. The van der Waals surface area contributed by atoms with Crippen molar-refractivity contribution in [2.24, 2.45) is 0 Å². The summed E-state index contributed by atoms with van der Waals surface area (Å²) in [5, 5.41) is 0. The highest BCUT2D eigenvalue weighted by Gasteiger charge is 2.13. The van der Waals surface area contributed by atoms with Crippen LogP contribution in [0.3, 0.4) is 0 Å². The molecule has 0 saturated carbocycles. The highest BCUT2D eigenvalue weighted by atomic mass is 16.5. The van der Waals surface area contributed by atoms with Gasteiger partial charge in [-0.05, 0) is 48.5 Å². The fourth-order valence-corrected chi connectivity index (χ4v) is 2.44. The average molecular weight is 302 g/mol. The second-order valence-electron chi connectivity index (χ2n) is 4.98. The molecule has 112 valence electrons. The molecule has 0 fully saturated rings. The zero-order valence-corrected chi connectivity index (χ0v) is 12.2. The molecule has 4 aromatic heterocycles. The van der Waals surface area contributed by atoms with Gasteiger partial charge in [-0.1, -0.05) is 0 Å². The summed E-state index contributed by atoms with van der Waals surface area (Å²) in [6.45, 7) is 0. The minimum atomic E-state index is 0.515. The molecule has 0 aliphatic rings. The van der Waals surface area contributed by atoms with Crippen molar-refractivity contribution in [2.45, 2.75) is 0 Å². The van der Waals surface area contributed by atoms with Crippen LogP contribution in [0, 0.1) is 0 Å². The largest absolute Gasteiger partial charge is 0.419 e. The van der Waals surface area contributed by atoms with Crippen LogP contribution in [0.15, 0.2) is 73.3 Å². The van der Waals surface area contributed by atoms with Crippen LogP contribution in [0.4, 0.5) is 0 Å². The van der Waals surface area contributed by atoms with Crippen LogP contribution in [0.2, 0.25) is 0 Å². The van der Waals surface area contributed by atoms with Crippen molar-refractivity contribution in [1.29, 1.82) is 0 Å². The van der Waals surface area contributed by atoms with E-state index in [1.807, 2.05) is 60.9 Å². The lowest BCUT2D eigenvalue weighted by Crippen LogP contribution is -1.95. The van der Waals surface area contributed by atoms with Crippen LogP contribution in [-0.2, 0) is 0 Å². The number of nitrogens with one attached hydrogen (secondary N) is 2. The molecule has 0 aliphatic heterocycles. The second-order valence-corrected chi connectivity index (χ2v) is 4.98. The van der Waals surface area contributed by atoms with E-state index in [4.69, 9.17) is 4.74 Å². The van der Waals surface area contributed by atoms with Gasteiger partial charge in [0.05, 0.1) is 22.5 Å². The van der Waals surface area contributed by atoms with Gasteiger partial charge in [-0.3, -0.25) is 0 Å². The molecule has 4 heterocycles. The minimum absolute atomic E-state index is 0.515. The predicted octanol–water partition coefficient (Wildman–Crippen LogP) is 4.26. The monoisotopic (exact) mass is 302 g/mol. The van der Waals surface area contributed by atoms with Gasteiger partial charge in [0, 0.05) is 24.8 Å². The normalized spacial score (nSPS) is 10.6. The van der Waals surface area contributed by atoms with Crippen molar-refractivity contribution in [2.75, 3.05) is 0 Å². The van der Waals surface area contributed by atoms with Gasteiger partial charge in [-0.2, -0.15) is 0 Å². The molecule has 0 bridgehead atoms. The van der Waals surface area contributed by atoms with E-state index in [1.54, 1.807) is 12.4 Å². The third-order valence-electron chi connectivity index (χ3n) is 3.51. The molecular formula is C18H14N4O. The number of aromatic amines is 2. The van der Waals surface area contributed by atoms with E-state index in [1.165, 1.54) is 0 Å². The lowest BCUT2D eigenvalue weighted by Gasteiger charge is -2.11. The number of pyridine rings is 2. The molecule has 5 nitrogen and oxygen atoms in total. The molecule has 0 saturated heterocycles. The molecule has 4 aromatic rings. The quantitative estimate of drug-likeness (QED) is 0.592. The Morgan fingerprint density at radius 2 is 1.17 bits per heavy atom. The molecule has 0 aliphatic carbocycles. The van der Waals surface area contributed by atoms with Crippen LogP contribution in [0.25, 0.3) is 22.5 Å². The Labute approximate surface area is 133 Å². The number of hydrogen-bond donors (Lipinski definition) is 2. The van der Waals surface area contributed by atoms with Gasteiger partial charge in [0.1, 0.15) is 0 Å². The third kappa shape index (κ3) is 2.60. The van der Waals surface area contributed by atoms with Gasteiger partial charge in [0.15, 0.2) is 0 Å². The summed E-state index contributed by atoms with van der Waals surface area (Å²) >= 11 is 0. The van der Waals surface area contributed by atoms with Gasteiger partial charge < -0.3 is 14.7 Å². The van der Waals surface area contributed by atoms with E-state index in [0.29, 0.717) is 11.8 Å². The molecule has 0 aromatic carbocycles. The molecule has 4 rings (SSSR count). The van der Waals surface area contributed by atoms with Gasteiger partial charge in [0.2, 0.25) is 11.8 Å². The Balaban J connectivity index is 1.76. The van der Waals surface area contributed by atoms with Crippen molar-refractivity contribution in [3.8, 4) is 34.3 Å². The van der Waals surface area contributed by atoms with Crippen molar-refractivity contribution < 1.29 is 4.74 Å². The Kier molecular flexibility index (Phi) is 3.37. The smallest absolute Gasteiger partial charge is 0.230 e. The standard InChI is InChI=1S/C18H14N4O/c1-5-13(15-7-3-9-19-15)17(21-11-1)23-18-14(6-2-12-22-18)16-8-4-10-20-16/h1-12,19-20H. The zero-order chi connectivity index (χ0) is 15.5. The maximum absolute atomic E-state index is 6.03. The van der Waals surface area contributed by atoms with Crippen LogP contribution in [0.5, 0.6) is 11.8 Å². The van der Waals surface area contributed by atoms with Crippen LogP contribution in [0.1, 0.15) is 0 Å². The lowest BCUT2D eigenvalue weighted by molar-refractivity contribution is 0.448. The Hall–Kier alpha value is -3.34. The number of ether oxygens (including phenoxy) is 1. The predicted molar refractivity (Wildman–Crippen MR) is 88.1 cm³/mol. The Bertz CT molecular complexity index is 823. The molecule has 0 atom stereocenters. The first kappa shape index (κ1) is 13.3. The Morgan fingerprint density at radius 1 is 0.652 bits per heavy atom. The summed E-state index contributed by atoms with van der Waals surface area (Å²) in [5.41, 5.74) is 3.68. The summed E-state index contributed by atoms with van der Waals surface area (Å²) in [4.78, 5) is 15.1. The first-order valence-corrected chi connectivity index (χ1v) is 7.27. The molecule has 2 N–H and O–H groups in total. The van der Waals surface area contributed by atoms with E-state index in [-0.39, 0.29) is 0 Å². The summed E-state index contributed by atoms with van der Waals surface area (Å²) < 4.78 is 6.03. The van der Waals surface area contributed by atoms with Gasteiger partial charge >= 0.3 is 0 Å². The molecule has 0 radical (unpaired) electrons. The molecule has 0 spiro atoms. The molecule has 23 heavy (non-hydrogen) atoms. The molecule has 5 heteroatoms. The van der Waals surface area contributed by atoms with Crippen molar-refractivity contribution in [1.82, 2.24) is 19.9 Å². The van der Waals surface area contributed by atoms with E-state index in [2.05, 4.69) is 19.9 Å². The maximum atomic E-state index is 6.03. The summed E-state index contributed by atoms with van der Waals surface area (Å²) in [6.07, 6.45) is 7.16. The first-order valence-electron chi connectivity index (χ1n) is 7.27. The van der Waals surface area contributed by atoms with Crippen LogP contribution < -0.4 is 4.74 Å². The number of rotatable bonds is 4. The van der Waals surface area contributed by atoms with Gasteiger partial charge in [0.25, 0.3) is 0 Å². The number of aromatic nitrogens is 4. The van der Waals surface area contributed by atoms with Gasteiger partial charge in [-0.25, -0.2) is 9.97 Å². The van der Waals surface area contributed by atoms with Crippen molar-refractivity contribution in [3.63, 3.8) is 0 Å². The lowest BCUT2D eigenvalue weighted by atomic mass is 10.2. The zero-order valence-electron chi connectivity index (χ0n) is 12.2. The maximum Gasteiger partial charge on any atom is 0.230 e. The number of H-pyrrole nitrogens is 2. The van der Waals surface area contributed by atoms with E-state index in [0.717, 1.165) is 22.5 Å². The number of nitrogens with zero attached hydrogens (tertiary/aromatic N) is 2. The Morgan fingerprint density at radius 3 is 1.61 bits per heavy atom. The minimum Gasteiger partial charge on any atom is -0.419 e. The van der Waals surface area contributed by atoms with Crippen molar-refractivity contribution >= 4 is 0 Å². The fraction of sp³-hybridized carbons (Fsp3) is 0. The average Bonchev–Trinajstić information content (AvgIpc) is 3.30. The van der Waals surface area contributed by atoms with E-state index < -0.39 is 0 Å². The molecular weight excluding hydrogens is 288 g/mol. The van der Waals surface area contributed by atoms with E-state index in [9.17, 15) is 0 Å². The third-order valence-corrected chi connectivity index (χ3v) is 3.51. The first-order chi connectivity index (χ1) is 11.4. The fourth-order valence-electron chi connectivity index (χ4n) is 2.44. The highest BCUT2D eigenvalue weighted by Crippen LogP contribution is 2.33. The molecule has 0 unspecified atom stereocenters. The van der Waals surface area contributed by atoms with E-state index >= 15 is 0 Å². The molecule has 0 amide bonds. The topological polar surface area (TPSA) is 66.6 Å². The summed E-state index contributed by atoms with van der Waals surface area (Å²) in [6, 6.07) is 15.5. The number of hydrogen-bond acceptors (Lipinski definition) is 3. The van der Waals surface area contributed by atoms with Crippen LogP contribution in [-0.4, -0.2) is 19.9 Å². The second kappa shape index (κ2) is 5.81. The highest BCUT2D eigenvalue weighted by molar-refractivity contribution is 5.68. The van der Waals surface area contributed by atoms with Crippen molar-refractivity contribution in [3.05, 3.63) is 73.3 Å². The summed E-state index contributed by atoms with van der Waals surface area (Å²) in [5.74, 6) is 1.03. The van der Waals surface area contributed by atoms with Crippen LogP contribution >= 0.6 is 0 Å². The van der Waals surface area contributed by atoms with Gasteiger partial charge in [-0.15, -0.1) is 0 Å². The summed E-state index contributed by atoms with van der Waals surface area (Å²) in [7, 11) is 0.